The van der Waals surface area contributed by atoms with E-state index >= 15 is 0 Å². The van der Waals surface area contributed by atoms with Gasteiger partial charge in [-0.2, -0.15) is 0 Å². The molecule has 0 spiro atoms. The number of hydrogen-bond donors (Lipinski definition) is 2. The van der Waals surface area contributed by atoms with E-state index in [2.05, 4.69) is 0 Å². The van der Waals surface area contributed by atoms with E-state index < -0.39 is 23.8 Å². The molecule has 3 aliphatic rings. The molecule has 2 bridgehead atoms. The lowest BCUT2D eigenvalue weighted by Gasteiger charge is -2.40. The Hall–Kier alpha value is -2.48. The first kappa shape index (κ1) is 26.1. The molecule has 186 valence electrons. The number of esters is 1. The lowest BCUT2D eigenvalue weighted by Crippen LogP contribution is -2.47. The molecule has 0 aromatic carbocycles. The molecule has 2 fully saturated rings. The van der Waals surface area contributed by atoms with E-state index in [1.165, 1.54) is 6.08 Å². The van der Waals surface area contributed by atoms with Crippen LogP contribution in [0.4, 0.5) is 0 Å². The van der Waals surface area contributed by atoms with Gasteiger partial charge in [0.05, 0.1) is 18.1 Å². The van der Waals surface area contributed by atoms with Crippen LogP contribution < -0.4 is 0 Å². The number of carboxylic acid groups (broad SMARTS) is 1. The van der Waals surface area contributed by atoms with E-state index in [9.17, 15) is 19.8 Å². The Balaban J connectivity index is 1.62. The highest BCUT2D eigenvalue weighted by atomic mass is 16.6. The monoisotopic (exact) mass is 472 g/mol. The van der Waals surface area contributed by atoms with Gasteiger partial charge >= 0.3 is 11.9 Å². The molecule has 0 radical (unpaired) electrons. The van der Waals surface area contributed by atoms with Crippen molar-refractivity contribution in [3.05, 3.63) is 60.8 Å². The third-order valence-electron chi connectivity index (χ3n) is 6.31. The highest BCUT2D eigenvalue weighted by Gasteiger charge is 2.43. The van der Waals surface area contributed by atoms with E-state index in [-0.39, 0.29) is 24.3 Å². The maximum atomic E-state index is 12.0. The van der Waals surface area contributed by atoms with Gasteiger partial charge in [-0.05, 0) is 45.1 Å². The van der Waals surface area contributed by atoms with Crippen molar-refractivity contribution in [2.24, 2.45) is 5.92 Å². The predicted octanol–water partition coefficient (Wildman–Crippen LogP) is 4.39. The van der Waals surface area contributed by atoms with Gasteiger partial charge in [0.25, 0.3) is 0 Å². The summed E-state index contributed by atoms with van der Waals surface area (Å²) in [6.45, 7) is 1.85. The number of hydrogen-bond acceptors (Lipinski definition) is 6. The smallest absolute Gasteiger partial charge is 0.330 e. The summed E-state index contributed by atoms with van der Waals surface area (Å²) in [5.41, 5.74) is 0. The van der Waals surface area contributed by atoms with Crippen molar-refractivity contribution in [3.63, 3.8) is 0 Å². The Labute approximate surface area is 201 Å². The van der Waals surface area contributed by atoms with Crippen LogP contribution in [0, 0.1) is 5.92 Å². The maximum absolute atomic E-state index is 12.0. The summed E-state index contributed by atoms with van der Waals surface area (Å²) in [6.07, 6.45) is 22.0. The lowest BCUT2D eigenvalue weighted by atomic mass is 9.86. The van der Waals surface area contributed by atoms with Gasteiger partial charge in [-0.1, -0.05) is 48.6 Å². The Morgan fingerprint density at radius 1 is 1.00 bits per heavy atom. The second kappa shape index (κ2) is 12.8. The fourth-order valence-electron chi connectivity index (χ4n) is 4.35. The van der Waals surface area contributed by atoms with Gasteiger partial charge in [-0.3, -0.25) is 4.79 Å². The largest absolute Gasteiger partial charge is 0.481 e. The van der Waals surface area contributed by atoms with E-state index in [1.54, 1.807) is 6.08 Å². The molecule has 3 aliphatic heterocycles. The number of fused-ring (bicyclic) bond motifs is 3. The first-order valence-electron chi connectivity index (χ1n) is 12.2. The number of aliphatic carboxylic acids is 1. The van der Waals surface area contributed by atoms with Crippen LogP contribution in [0.3, 0.4) is 0 Å². The molecule has 7 nitrogen and oxygen atoms in total. The SMILES string of the molecule is CC1CC=CC=CC=CC=CCCC2OC(O)(CCCC3OC3C=CC(=O)O1)CCC2C(=O)O. The second-order valence-electron chi connectivity index (χ2n) is 9.16. The molecule has 34 heavy (non-hydrogen) atoms. The van der Waals surface area contributed by atoms with Gasteiger partial charge in [0.1, 0.15) is 12.2 Å². The van der Waals surface area contributed by atoms with Crippen molar-refractivity contribution < 1.29 is 34.0 Å². The zero-order valence-electron chi connectivity index (χ0n) is 19.8. The quantitative estimate of drug-likeness (QED) is 0.431. The summed E-state index contributed by atoms with van der Waals surface area (Å²) >= 11 is 0. The number of carbonyl (C=O) groups is 2. The number of epoxide rings is 1. The average Bonchev–Trinajstić information content (AvgIpc) is 3.53. The fourth-order valence-corrected chi connectivity index (χ4v) is 4.35. The van der Waals surface area contributed by atoms with Gasteiger partial charge in [-0.25, -0.2) is 4.79 Å². The molecule has 7 heteroatoms. The summed E-state index contributed by atoms with van der Waals surface area (Å²) in [5.74, 6) is -3.19. The van der Waals surface area contributed by atoms with E-state index in [1.807, 2.05) is 55.5 Å². The van der Waals surface area contributed by atoms with Gasteiger partial charge in [0, 0.05) is 25.3 Å². The number of cyclic esters (lactones) is 1. The normalized spacial score (nSPS) is 35.7. The summed E-state index contributed by atoms with van der Waals surface area (Å²) in [4.78, 5) is 23.7. The Bertz CT molecular complexity index is 840. The Kier molecular flexibility index (Phi) is 9.86. The van der Waals surface area contributed by atoms with Crippen LogP contribution in [0.1, 0.15) is 58.3 Å². The van der Waals surface area contributed by atoms with Crippen LogP contribution >= 0.6 is 0 Å². The molecule has 3 heterocycles. The van der Waals surface area contributed by atoms with Crippen molar-refractivity contribution in [2.75, 3.05) is 0 Å². The highest BCUT2D eigenvalue weighted by Crippen LogP contribution is 2.37. The minimum Gasteiger partial charge on any atom is -0.481 e. The predicted molar refractivity (Wildman–Crippen MR) is 128 cm³/mol. The minimum atomic E-state index is -1.31. The van der Waals surface area contributed by atoms with Crippen LogP contribution in [0.15, 0.2) is 60.8 Å². The molecule has 0 amide bonds. The van der Waals surface area contributed by atoms with Crippen LogP contribution in [-0.2, 0) is 23.8 Å². The number of allylic oxidation sites excluding steroid dienone is 7. The van der Waals surface area contributed by atoms with E-state index in [0.29, 0.717) is 44.9 Å². The molecular weight excluding hydrogens is 436 g/mol. The molecule has 0 aromatic rings. The lowest BCUT2D eigenvalue weighted by molar-refractivity contribution is -0.271. The molecule has 6 atom stereocenters. The van der Waals surface area contributed by atoms with Gasteiger partial charge in [-0.15, -0.1) is 0 Å². The van der Waals surface area contributed by atoms with Crippen molar-refractivity contribution >= 4 is 11.9 Å². The van der Waals surface area contributed by atoms with Crippen LogP contribution in [0.2, 0.25) is 0 Å². The highest BCUT2D eigenvalue weighted by molar-refractivity contribution is 5.82. The Morgan fingerprint density at radius 2 is 1.74 bits per heavy atom. The third-order valence-corrected chi connectivity index (χ3v) is 6.31. The standard InChI is InChI=1S/C27H36O7/c1-20-12-9-7-5-3-2-4-6-8-10-13-22-21(26(29)30)17-19-27(31,34-22)18-11-14-23-24(33-23)15-16-25(28)32-20/h2-9,15-16,20-24,31H,10-14,17-19H2,1H3,(H,29,30). The zero-order chi connectivity index (χ0) is 24.4. The molecule has 2 N–H and O–H groups in total. The molecular formula is C27H36O7. The first-order valence-corrected chi connectivity index (χ1v) is 12.2. The van der Waals surface area contributed by atoms with Crippen LogP contribution in [-0.4, -0.2) is 52.4 Å². The fraction of sp³-hybridized carbons (Fsp3) is 0.556. The maximum Gasteiger partial charge on any atom is 0.330 e. The van der Waals surface area contributed by atoms with Gasteiger partial charge in [0.15, 0.2) is 5.79 Å². The molecule has 0 saturated carbocycles. The molecule has 6 unspecified atom stereocenters. The van der Waals surface area contributed by atoms with Gasteiger partial charge < -0.3 is 24.4 Å². The first-order chi connectivity index (χ1) is 16.4. The topological polar surface area (TPSA) is 106 Å². The molecule has 2 saturated heterocycles. The Morgan fingerprint density at radius 3 is 2.50 bits per heavy atom. The third kappa shape index (κ3) is 8.70. The molecule has 0 aliphatic carbocycles. The zero-order valence-corrected chi connectivity index (χ0v) is 19.8. The number of ether oxygens (including phenoxy) is 3. The number of rotatable bonds is 1. The molecule has 3 rings (SSSR count). The van der Waals surface area contributed by atoms with Crippen molar-refractivity contribution in [1.29, 1.82) is 0 Å². The van der Waals surface area contributed by atoms with Crippen LogP contribution in [0.25, 0.3) is 0 Å². The summed E-state index contributed by atoms with van der Waals surface area (Å²) in [7, 11) is 0. The molecule has 0 aromatic heterocycles. The average molecular weight is 473 g/mol. The summed E-state index contributed by atoms with van der Waals surface area (Å²) in [5, 5.41) is 20.5. The van der Waals surface area contributed by atoms with Crippen LogP contribution in [0.5, 0.6) is 0 Å². The van der Waals surface area contributed by atoms with Crippen molar-refractivity contribution in [3.8, 4) is 0 Å². The number of carboxylic acids is 1. The van der Waals surface area contributed by atoms with Crippen molar-refractivity contribution in [2.45, 2.75) is 88.5 Å². The minimum absolute atomic E-state index is 0.00897. The number of carbonyl (C=O) groups excluding carboxylic acids is 1. The van der Waals surface area contributed by atoms with Crippen molar-refractivity contribution in [1.82, 2.24) is 0 Å². The number of aliphatic hydroxyl groups is 1. The summed E-state index contributed by atoms with van der Waals surface area (Å²) in [6, 6.07) is 0. The van der Waals surface area contributed by atoms with Gasteiger partial charge in [0.2, 0.25) is 0 Å². The van der Waals surface area contributed by atoms with E-state index in [4.69, 9.17) is 14.2 Å². The second-order valence-corrected chi connectivity index (χ2v) is 9.16. The summed E-state index contributed by atoms with van der Waals surface area (Å²) < 4.78 is 16.9. The van der Waals surface area contributed by atoms with E-state index in [0.717, 1.165) is 6.42 Å².